The summed E-state index contributed by atoms with van der Waals surface area (Å²) < 4.78 is 28.9. The summed E-state index contributed by atoms with van der Waals surface area (Å²) >= 11 is 1.31. The van der Waals surface area contributed by atoms with Gasteiger partial charge in [-0.25, -0.2) is 13.6 Å². The van der Waals surface area contributed by atoms with Crippen molar-refractivity contribution in [3.05, 3.63) is 94.1 Å². The van der Waals surface area contributed by atoms with E-state index in [1.165, 1.54) is 40.5 Å². The first-order chi connectivity index (χ1) is 15.8. The van der Waals surface area contributed by atoms with Crippen molar-refractivity contribution in [3.8, 4) is 0 Å². The van der Waals surface area contributed by atoms with Gasteiger partial charge in [0.15, 0.2) is 11.5 Å². The van der Waals surface area contributed by atoms with Crippen molar-refractivity contribution < 1.29 is 27.5 Å². The maximum Gasteiger partial charge on any atom is 0.294 e. The number of aliphatic hydroxyl groups is 1. The highest BCUT2D eigenvalue weighted by atomic mass is 32.2. The van der Waals surface area contributed by atoms with Crippen LogP contribution in [0, 0.1) is 0 Å². The van der Waals surface area contributed by atoms with Gasteiger partial charge in [0, 0.05) is 16.0 Å². The van der Waals surface area contributed by atoms with Gasteiger partial charge in [-0.1, -0.05) is 24.3 Å². The average molecular weight is 481 g/mol. The number of ketones is 1. The molecule has 0 bridgehead atoms. The number of fused-ring (bicyclic) bond motifs is 1. The number of rotatable bonds is 5. The molecule has 33 heavy (non-hydrogen) atoms. The first kappa shape index (κ1) is 21.1. The molecule has 0 fully saturated rings. The highest BCUT2D eigenvalue weighted by molar-refractivity contribution is 7.89. The number of amides is 1. The SMILES string of the molecule is NS(=O)(=O)c1ccc(N2C(=O)C(O)=C(C(=O)c3cc4ccccc4o3)C2c2cccs2)cc1. The van der Waals surface area contributed by atoms with E-state index in [1.807, 2.05) is 6.07 Å². The molecule has 1 aliphatic heterocycles. The van der Waals surface area contributed by atoms with Gasteiger partial charge in [0.2, 0.25) is 15.8 Å². The summed E-state index contributed by atoms with van der Waals surface area (Å²) in [5, 5.41) is 18.4. The fourth-order valence-electron chi connectivity index (χ4n) is 3.84. The van der Waals surface area contributed by atoms with Crippen LogP contribution in [0.25, 0.3) is 11.0 Å². The van der Waals surface area contributed by atoms with Crippen LogP contribution in [0.3, 0.4) is 0 Å². The third-order valence-corrected chi connectivity index (χ3v) is 7.21. The van der Waals surface area contributed by atoms with E-state index >= 15 is 0 Å². The molecule has 4 aromatic rings. The second kappa shape index (κ2) is 7.69. The van der Waals surface area contributed by atoms with Gasteiger partial charge in [-0.15, -0.1) is 11.3 Å². The standard InChI is InChI=1S/C23H16N2O6S2/c24-33(29,30)15-9-7-14(8-10-15)25-20(18-6-3-11-32-18)19(22(27)23(25)28)21(26)17-12-13-4-1-2-5-16(13)31-17/h1-12,20,27H,(H2,24,29,30). The third kappa shape index (κ3) is 3.54. The number of hydrogen-bond acceptors (Lipinski definition) is 7. The molecule has 0 spiro atoms. The summed E-state index contributed by atoms with van der Waals surface area (Å²) in [4.78, 5) is 28.3. The second-order valence-corrected chi connectivity index (χ2v) is 9.91. The van der Waals surface area contributed by atoms with Crippen molar-refractivity contribution in [1.29, 1.82) is 0 Å². The van der Waals surface area contributed by atoms with Crippen molar-refractivity contribution in [2.24, 2.45) is 5.14 Å². The van der Waals surface area contributed by atoms with Crippen LogP contribution in [0.15, 0.2) is 92.8 Å². The topological polar surface area (TPSA) is 131 Å². The molecule has 0 radical (unpaired) electrons. The van der Waals surface area contributed by atoms with E-state index in [9.17, 15) is 23.1 Å². The van der Waals surface area contributed by atoms with Gasteiger partial charge in [0.05, 0.1) is 10.5 Å². The van der Waals surface area contributed by atoms with E-state index in [2.05, 4.69) is 0 Å². The number of aliphatic hydroxyl groups excluding tert-OH is 1. The van der Waals surface area contributed by atoms with Crippen LogP contribution < -0.4 is 10.0 Å². The summed E-state index contributed by atoms with van der Waals surface area (Å²) in [6.07, 6.45) is 0. The Morgan fingerprint density at radius 2 is 1.79 bits per heavy atom. The van der Waals surface area contributed by atoms with E-state index in [-0.39, 0.29) is 16.2 Å². The Balaban J connectivity index is 1.61. The van der Waals surface area contributed by atoms with E-state index in [0.717, 1.165) is 0 Å². The lowest BCUT2D eigenvalue weighted by molar-refractivity contribution is -0.117. The van der Waals surface area contributed by atoms with Crippen LogP contribution in [0.4, 0.5) is 5.69 Å². The Hall–Kier alpha value is -3.73. The smallest absolute Gasteiger partial charge is 0.294 e. The molecule has 1 amide bonds. The largest absolute Gasteiger partial charge is 0.503 e. The lowest BCUT2D eigenvalue weighted by Crippen LogP contribution is -2.30. The number of furan rings is 1. The molecule has 5 rings (SSSR count). The molecule has 166 valence electrons. The van der Waals surface area contributed by atoms with Crippen LogP contribution in [-0.4, -0.2) is 25.2 Å². The third-order valence-electron chi connectivity index (χ3n) is 5.36. The number of nitrogens with two attached hydrogens (primary N) is 1. The number of benzene rings is 2. The van der Waals surface area contributed by atoms with Gasteiger partial charge in [-0.05, 0) is 47.8 Å². The molecule has 0 saturated carbocycles. The maximum absolute atomic E-state index is 13.5. The molecule has 3 heterocycles. The van der Waals surface area contributed by atoms with Crippen LogP contribution >= 0.6 is 11.3 Å². The number of hydrogen-bond donors (Lipinski definition) is 2. The number of nitrogens with zero attached hydrogens (tertiary/aromatic N) is 1. The summed E-state index contributed by atoms with van der Waals surface area (Å²) in [5.41, 5.74) is 0.690. The second-order valence-electron chi connectivity index (χ2n) is 7.37. The summed E-state index contributed by atoms with van der Waals surface area (Å²) in [7, 11) is -3.92. The van der Waals surface area contributed by atoms with E-state index in [1.54, 1.807) is 41.8 Å². The van der Waals surface area contributed by atoms with Gasteiger partial charge in [0.25, 0.3) is 5.91 Å². The molecule has 3 N–H and O–H groups in total. The molecule has 10 heteroatoms. The first-order valence-corrected chi connectivity index (χ1v) is 12.1. The van der Waals surface area contributed by atoms with Gasteiger partial charge < -0.3 is 9.52 Å². The quantitative estimate of drug-likeness (QED) is 0.416. The zero-order valence-electron chi connectivity index (χ0n) is 16.8. The number of anilines is 1. The highest BCUT2D eigenvalue weighted by Gasteiger charge is 2.45. The lowest BCUT2D eigenvalue weighted by atomic mass is 10.00. The Bertz CT molecular complexity index is 1500. The minimum Gasteiger partial charge on any atom is -0.503 e. The summed E-state index contributed by atoms with van der Waals surface area (Å²) in [5.74, 6) is -2.08. The van der Waals surface area contributed by atoms with E-state index in [4.69, 9.17) is 9.56 Å². The van der Waals surface area contributed by atoms with Gasteiger partial charge >= 0.3 is 0 Å². The molecule has 0 aliphatic carbocycles. The van der Waals surface area contributed by atoms with Gasteiger partial charge in [-0.2, -0.15) is 0 Å². The van der Waals surface area contributed by atoms with Gasteiger partial charge in [0.1, 0.15) is 11.6 Å². The fraction of sp³-hybridized carbons (Fsp3) is 0.0435. The number of carbonyl (C=O) groups excluding carboxylic acids is 2. The monoisotopic (exact) mass is 480 g/mol. The predicted molar refractivity (Wildman–Crippen MR) is 123 cm³/mol. The molecule has 2 aromatic heterocycles. The average Bonchev–Trinajstić information content (AvgIpc) is 3.52. The van der Waals surface area contributed by atoms with Crippen LogP contribution in [0.2, 0.25) is 0 Å². The van der Waals surface area contributed by atoms with Crippen molar-refractivity contribution in [3.63, 3.8) is 0 Å². The number of Topliss-reactive ketones (excluding diaryl/α,β-unsaturated/α-hetero) is 1. The lowest BCUT2D eigenvalue weighted by Gasteiger charge is -2.25. The summed E-state index contributed by atoms with van der Waals surface area (Å²) in [6.45, 7) is 0. The molecule has 1 unspecified atom stereocenters. The van der Waals surface area contributed by atoms with Crippen molar-refractivity contribution in [1.82, 2.24) is 0 Å². The molecular weight excluding hydrogens is 464 g/mol. The van der Waals surface area contributed by atoms with Crippen molar-refractivity contribution >= 4 is 49.7 Å². The number of thiophene rings is 1. The molecule has 0 saturated heterocycles. The number of para-hydroxylation sites is 1. The Kier molecular flexibility index (Phi) is 4.93. The first-order valence-electron chi connectivity index (χ1n) is 9.72. The Labute approximate surface area is 192 Å². The minimum absolute atomic E-state index is 0.00136. The Morgan fingerprint density at radius 1 is 1.06 bits per heavy atom. The molecule has 2 aromatic carbocycles. The highest BCUT2D eigenvalue weighted by Crippen LogP contribution is 2.43. The van der Waals surface area contributed by atoms with Crippen molar-refractivity contribution in [2.75, 3.05) is 4.90 Å². The Morgan fingerprint density at radius 3 is 2.42 bits per heavy atom. The normalized spacial score (nSPS) is 16.7. The minimum atomic E-state index is -3.92. The van der Waals surface area contributed by atoms with E-state index in [0.29, 0.717) is 21.5 Å². The maximum atomic E-state index is 13.5. The number of carbonyl (C=O) groups is 2. The van der Waals surface area contributed by atoms with E-state index < -0.39 is 33.5 Å². The molecule has 1 atom stereocenters. The molecule has 8 nitrogen and oxygen atoms in total. The molecule has 1 aliphatic rings. The number of sulfonamides is 1. The predicted octanol–water partition coefficient (Wildman–Crippen LogP) is 3.92. The zero-order valence-corrected chi connectivity index (χ0v) is 18.5. The molecular formula is C23H16N2O6S2. The summed E-state index contributed by atoms with van der Waals surface area (Å²) in [6, 6.07) is 16.6. The number of primary sulfonamides is 1. The van der Waals surface area contributed by atoms with Crippen LogP contribution in [-0.2, 0) is 14.8 Å². The zero-order chi connectivity index (χ0) is 23.3. The van der Waals surface area contributed by atoms with Gasteiger partial charge in [-0.3, -0.25) is 14.5 Å². The fourth-order valence-corrected chi connectivity index (χ4v) is 5.18. The van der Waals surface area contributed by atoms with Crippen LogP contribution in [0.5, 0.6) is 0 Å². The van der Waals surface area contributed by atoms with Crippen LogP contribution in [0.1, 0.15) is 21.5 Å². The van der Waals surface area contributed by atoms with Crippen molar-refractivity contribution in [2.45, 2.75) is 10.9 Å².